The van der Waals surface area contributed by atoms with Crippen LogP contribution in [0.1, 0.15) is 28.4 Å². The fourth-order valence-corrected chi connectivity index (χ4v) is 2.66. The van der Waals surface area contributed by atoms with E-state index >= 15 is 0 Å². The summed E-state index contributed by atoms with van der Waals surface area (Å²) in [5.41, 5.74) is 1.03. The first-order valence-corrected chi connectivity index (χ1v) is 6.18. The molecule has 1 aliphatic rings. The molecule has 0 aromatic carbocycles. The third kappa shape index (κ3) is 2.56. The van der Waals surface area contributed by atoms with Crippen molar-refractivity contribution >= 4 is 11.3 Å². The number of aromatic nitrogens is 1. The molecule has 2 N–H and O–H groups in total. The Kier molecular flexibility index (Phi) is 3.09. The lowest BCUT2D eigenvalue weighted by atomic mass is 10.1. The van der Waals surface area contributed by atoms with E-state index in [1.807, 2.05) is 13.8 Å². The van der Waals surface area contributed by atoms with E-state index in [4.69, 9.17) is 0 Å². The second kappa shape index (κ2) is 4.20. The molecule has 0 radical (unpaired) electrons. The van der Waals surface area contributed by atoms with Crippen LogP contribution in [0.15, 0.2) is 0 Å². The second-order valence-electron chi connectivity index (χ2n) is 4.35. The van der Waals surface area contributed by atoms with E-state index in [0.717, 1.165) is 23.5 Å². The molecule has 2 rings (SSSR count). The quantitative estimate of drug-likeness (QED) is 0.818. The summed E-state index contributed by atoms with van der Waals surface area (Å²) in [5.74, 6) is 0.321. The Morgan fingerprint density at radius 3 is 2.53 bits per heavy atom. The first-order valence-electron chi connectivity index (χ1n) is 5.37. The third-order valence-electron chi connectivity index (χ3n) is 2.96. The van der Waals surface area contributed by atoms with Gasteiger partial charge in [-0.3, -0.25) is 0 Å². The van der Waals surface area contributed by atoms with E-state index in [0.29, 0.717) is 12.3 Å². The number of aryl methyl sites for hydroxylation is 2. The molecule has 0 spiro atoms. The number of nitrogens with zero attached hydrogens (tertiary/aromatic N) is 1. The molecule has 84 valence electrons. The first-order chi connectivity index (χ1) is 7.08. The normalized spacial score (nSPS) is 20.3. The van der Waals surface area contributed by atoms with Crippen molar-refractivity contribution in [2.24, 2.45) is 5.92 Å². The van der Waals surface area contributed by atoms with Crippen LogP contribution in [-0.4, -0.2) is 27.4 Å². The Morgan fingerprint density at radius 1 is 1.40 bits per heavy atom. The number of aliphatic hydroxyl groups is 2. The van der Waals surface area contributed by atoms with Gasteiger partial charge in [0.15, 0.2) is 0 Å². The Balaban J connectivity index is 1.95. The monoisotopic (exact) mass is 227 g/mol. The molecule has 1 fully saturated rings. The third-order valence-corrected chi connectivity index (χ3v) is 4.05. The summed E-state index contributed by atoms with van der Waals surface area (Å²) in [6, 6.07) is 0. The van der Waals surface area contributed by atoms with Gasteiger partial charge in [0.05, 0.1) is 22.9 Å². The molecule has 1 aromatic rings. The van der Waals surface area contributed by atoms with Crippen molar-refractivity contribution in [3.63, 3.8) is 0 Å². The number of aliphatic hydroxyl groups excluding tert-OH is 2. The predicted molar refractivity (Wildman–Crippen MR) is 60.0 cm³/mol. The van der Waals surface area contributed by atoms with Crippen molar-refractivity contribution in [1.82, 2.24) is 4.98 Å². The van der Waals surface area contributed by atoms with Crippen LogP contribution in [-0.2, 0) is 6.42 Å². The van der Waals surface area contributed by atoms with Gasteiger partial charge in [0.2, 0.25) is 0 Å². The average Bonchev–Trinajstić information content (AvgIpc) is 2.95. The van der Waals surface area contributed by atoms with Gasteiger partial charge in [-0.25, -0.2) is 4.98 Å². The largest absolute Gasteiger partial charge is 0.390 e. The standard InChI is InChI=1S/C11H17NO2S/c1-6-7(2)15-10(12-6)5-9(13)11(14)8-3-4-8/h8-9,11,13-14H,3-5H2,1-2H3. The van der Waals surface area contributed by atoms with Gasteiger partial charge >= 0.3 is 0 Å². The molecule has 0 amide bonds. The summed E-state index contributed by atoms with van der Waals surface area (Å²) in [6.45, 7) is 4.00. The van der Waals surface area contributed by atoms with Gasteiger partial charge in [-0.05, 0) is 32.6 Å². The molecule has 2 atom stereocenters. The lowest BCUT2D eigenvalue weighted by molar-refractivity contribution is 0.00670. The van der Waals surface area contributed by atoms with Crippen LogP contribution in [0, 0.1) is 19.8 Å². The fourth-order valence-electron chi connectivity index (χ4n) is 1.68. The highest BCUT2D eigenvalue weighted by Crippen LogP contribution is 2.34. The van der Waals surface area contributed by atoms with Crippen LogP contribution in [0.2, 0.25) is 0 Å². The van der Waals surface area contributed by atoms with Crippen molar-refractivity contribution in [3.05, 3.63) is 15.6 Å². The van der Waals surface area contributed by atoms with E-state index in [1.54, 1.807) is 11.3 Å². The Morgan fingerprint density at radius 2 is 2.07 bits per heavy atom. The van der Waals surface area contributed by atoms with Crippen molar-refractivity contribution < 1.29 is 10.2 Å². The number of rotatable bonds is 4. The molecule has 0 bridgehead atoms. The maximum Gasteiger partial charge on any atom is 0.0957 e. The van der Waals surface area contributed by atoms with Crippen LogP contribution in [0.5, 0.6) is 0 Å². The van der Waals surface area contributed by atoms with Crippen LogP contribution in [0.4, 0.5) is 0 Å². The minimum atomic E-state index is -0.651. The Bertz CT molecular complexity index is 327. The topological polar surface area (TPSA) is 53.4 Å². The van der Waals surface area contributed by atoms with E-state index in [2.05, 4.69) is 4.98 Å². The highest BCUT2D eigenvalue weighted by atomic mass is 32.1. The summed E-state index contributed by atoms with van der Waals surface area (Å²) in [7, 11) is 0. The number of thiazole rings is 1. The molecule has 4 heteroatoms. The molecule has 1 aromatic heterocycles. The van der Waals surface area contributed by atoms with E-state index in [1.165, 1.54) is 4.88 Å². The van der Waals surface area contributed by atoms with Crippen LogP contribution in [0.25, 0.3) is 0 Å². The summed E-state index contributed by atoms with van der Waals surface area (Å²) in [6.07, 6.45) is 1.37. The first kappa shape index (κ1) is 11.0. The van der Waals surface area contributed by atoms with Crippen molar-refractivity contribution in [2.45, 2.75) is 45.3 Å². The van der Waals surface area contributed by atoms with Crippen LogP contribution >= 0.6 is 11.3 Å². The lowest BCUT2D eigenvalue weighted by Crippen LogP contribution is -2.29. The molecule has 15 heavy (non-hydrogen) atoms. The van der Waals surface area contributed by atoms with E-state index in [9.17, 15) is 10.2 Å². The summed E-state index contributed by atoms with van der Waals surface area (Å²) < 4.78 is 0. The maximum absolute atomic E-state index is 9.80. The van der Waals surface area contributed by atoms with Gasteiger partial charge < -0.3 is 10.2 Å². The smallest absolute Gasteiger partial charge is 0.0957 e. The molecule has 0 aliphatic heterocycles. The van der Waals surface area contributed by atoms with Gasteiger partial charge in [-0.2, -0.15) is 0 Å². The van der Waals surface area contributed by atoms with E-state index in [-0.39, 0.29) is 0 Å². The van der Waals surface area contributed by atoms with Crippen LogP contribution < -0.4 is 0 Å². The molecule has 1 saturated carbocycles. The molecular formula is C11H17NO2S. The van der Waals surface area contributed by atoms with Crippen molar-refractivity contribution in [3.8, 4) is 0 Å². The summed E-state index contributed by atoms with van der Waals surface area (Å²) in [5, 5.41) is 20.4. The van der Waals surface area contributed by atoms with Gasteiger partial charge in [-0.15, -0.1) is 11.3 Å². The minimum absolute atomic E-state index is 0.321. The molecule has 2 unspecified atom stereocenters. The van der Waals surface area contributed by atoms with Crippen molar-refractivity contribution in [1.29, 1.82) is 0 Å². The molecule has 0 saturated heterocycles. The molecular weight excluding hydrogens is 210 g/mol. The zero-order valence-corrected chi connectivity index (χ0v) is 9.92. The highest BCUT2D eigenvalue weighted by molar-refractivity contribution is 7.11. The average molecular weight is 227 g/mol. The summed E-state index contributed by atoms with van der Waals surface area (Å²) in [4.78, 5) is 5.55. The lowest BCUT2D eigenvalue weighted by Gasteiger charge is -2.15. The van der Waals surface area contributed by atoms with Gasteiger partial charge in [0.1, 0.15) is 0 Å². The van der Waals surface area contributed by atoms with E-state index < -0.39 is 12.2 Å². The Labute approximate surface area is 93.8 Å². The van der Waals surface area contributed by atoms with Crippen LogP contribution in [0.3, 0.4) is 0 Å². The fraction of sp³-hybridized carbons (Fsp3) is 0.727. The second-order valence-corrected chi connectivity index (χ2v) is 5.64. The minimum Gasteiger partial charge on any atom is -0.390 e. The van der Waals surface area contributed by atoms with Gasteiger partial charge in [0.25, 0.3) is 0 Å². The highest BCUT2D eigenvalue weighted by Gasteiger charge is 2.34. The van der Waals surface area contributed by atoms with Gasteiger partial charge in [-0.1, -0.05) is 0 Å². The molecule has 3 nitrogen and oxygen atoms in total. The zero-order chi connectivity index (χ0) is 11.0. The number of hydrogen-bond donors (Lipinski definition) is 2. The molecule has 1 aliphatic carbocycles. The van der Waals surface area contributed by atoms with Gasteiger partial charge in [0, 0.05) is 11.3 Å². The predicted octanol–water partition coefficient (Wildman–Crippen LogP) is 1.43. The van der Waals surface area contributed by atoms with Crippen molar-refractivity contribution in [2.75, 3.05) is 0 Å². The maximum atomic E-state index is 9.80. The number of hydrogen-bond acceptors (Lipinski definition) is 4. The Hall–Kier alpha value is -0.450. The SMILES string of the molecule is Cc1nc(CC(O)C(O)C2CC2)sc1C. The molecule has 1 heterocycles. The zero-order valence-electron chi connectivity index (χ0n) is 9.10. The summed E-state index contributed by atoms with van der Waals surface area (Å²) >= 11 is 1.61.